The van der Waals surface area contributed by atoms with Crippen molar-refractivity contribution in [2.45, 2.75) is 75.4 Å². The highest BCUT2D eigenvalue weighted by molar-refractivity contribution is 5.93. The number of imidazole rings is 1. The molecule has 2 aliphatic rings. The zero-order valence-electron chi connectivity index (χ0n) is 18.0. The van der Waals surface area contributed by atoms with E-state index in [9.17, 15) is 13.6 Å². The van der Waals surface area contributed by atoms with Crippen LogP contribution in [0.1, 0.15) is 73.5 Å². The first kappa shape index (κ1) is 21.8. The van der Waals surface area contributed by atoms with Gasteiger partial charge in [-0.05, 0) is 44.6 Å². The van der Waals surface area contributed by atoms with Crippen LogP contribution in [0.5, 0.6) is 0 Å². The maximum Gasteiger partial charge on any atom is 0.270 e. The highest BCUT2D eigenvalue weighted by Crippen LogP contribution is 2.40. The van der Waals surface area contributed by atoms with Crippen molar-refractivity contribution in [2.24, 2.45) is 7.05 Å². The lowest BCUT2D eigenvalue weighted by Gasteiger charge is -2.29. The number of hydrogen-bond donors (Lipinski definition) is 1. The van der Waals surface area contributed by atoms with Gasteiger partial charge in [0.2, 0.25) is 5.92 Å². The molecule has 0 saturated heterocycles. The number of nitrogens with zero attached hydrogens (tertiary/aromatic N) is 4. The molecule has 0 unspecified atom stereocenters. The summed E-state index contributed by atoms with van der Waals surface area (Å²) in [6.07, 6.45) is 7.43. The molecule has 2 aromatic heterocycles. The number of alkyl halides is 2. The van der Waals surface area contributed by atoms with Crippen LogP contribution in [-0.2, 0) is 11.8 Å². The van der Waals surface area contributed by atoms with Crippen molar-refractivity contribution in [2.75, 3.05) is 7.11 Å². The average molecular weight is 434 g/mol. The van der Waals surface area contributed by atoms with Gasteiger partial charge in [-0.25, -0.2) is 23.7 Å². The fourth-order valence-corrected chi connectivity index (χ4v) is 4.52. The van der Waals surface area contributed by atoms with Crippen LogP contribution in [0.4, 0.5) is 8.78 Å². The van der Waals surface area contributed by atoms with Crippen molar-refractivity contribution in [1.29, 1.82) is 0 Å². The van der Waals surface area contributed by atoms with Crippen molar-refractivity contribution in [3.63, 3.8) is 0 Å². The van der Waals surface area contributed by atoms with Gasteiger partial charge in [0.05, 0.1) is 18.6 Å². The average Bonchev–Trinajstić information content (AvgIpc) is 3.20. The summed E-state index contributed by atoms with van der Waals surface area (Å²) >= 11 is 0. The molecule has 7 nitrogen and oxygen atoms in total. The minimum absolute atomic E-state index is 0.0749. The second kappa shape index (κ2) is 8.98. The number of carbonyl (C=O) groups excluding carboxylic acids is 1. The fourth-order valence-electron chi connectivity index (χ4n) is 4.52. The van der Waals surface area contributed by atoms with E-state index in [1.165, 1.54) is 0 Å². The molecule has 2 fully saturated rings. The molecule has 1 amide bonds. The first-order valence-electron chi connectivity index (χ1n) is 10.9. The number of methoxy groups -OCH3 is 1. The van der Waals surface area contributed by atoms with Crippen molar-refractivity contribution in [1.82, 2.24) is 24.8 Å². The number of amides is 1. The summed E-state index contributed by atoms with van der Waals surface area (Å²) in [5.74, 6) is -2.59. The minimum Gasteiger partial charge on any atom is -0.381 e. The molecular formula is C22H29F2N5O2. The Hall–Kier alpha value is -2.42. The summed E-state index contributed by atoms with van der Waals surface area (Å²) < 4.78 is 34.5. The van der Waals surface area contributed by atoms with E-state index in [0.29, 0.717) is 30.1 Å². The van der Waals surface area contributed by atoms with Gasteiger partial charge in [-0.3, -0.25) is 4.79 Å². The Kier molecular flexibility index (Phi) is 6.31. The van der Waals surface area contributed by atoms with E-state index >= 15 is 0 Å². The van der Waals surface area contributed by atoms with Crippen LogP contribution in [-0.4, -0.2) is 50.6 Å². The molecule has 0 aromatic carbocycles. The molecule has 2 aliphatic carbocycles. The van der Waals surface area contributed by atoms with Crippen molar-refractivity contribution >= 4 is 5.91 Å². The third kappa shape index (κ3) is 5.08. The number of halogens is 2. The van der Waals surface area contributed by atoms with Crippen LogP contribution < -0.4 is 5.32 Å². The molecule has 9 heteroatoms. The third-order valence-corrected chi connectivity index (χ3v) is 6.50. The number of carbonyl (C=O) groups is 1. The van der Waals surface area contributed by atoms with Crippen LogP contribution in [0.25, 0.3) is 11.5 Å². The first-order valence-corrected chi connectivity index (χ1v) is 10.9. The third-order valence-electron chi connectivity index (χ3n) is 6.50. The molecule has 0 spiro atoms. The highest BCUT2D eigenvalue weighted by atomic mass is 19.3. The van der Waals surface area contributed by atoms with E-state index in [0.717, 1.165) is 25.7 Å². The van der Waals surface area contributed by atoms with Gasteiger partial charge in [-0.2, -0.15) is 0 Å². The normalized spacial score (nSPS) is 24.1. The number of ether oxygens (including phenoxy) is 1. The molecule has 1 N–H and O–H groups in total. The van der Waals surface area contributed by atoms with Crippen molar-refractivity contribution < 1.29 is 18.3 Å². The molecule has 0 radical (unpaired) electrons. The van der Waals surface area contributed by atoms with Gasteiger partial charge in [0.1, 0.15) is 11.4 Å². The molecule has 4 rings (SSSR count). The number of aromatic nitrogens is 4. The Morgan fingerprint density at radius 3 is 2.48 bits per heavy atom. The van der Waals surface area contributed by atoms with Gasteiger partial charge in [-0.1, -0.05) is 0 Å². The van der Waals surface area contributed by atoms with E-state index in [2.05, 4.69) is 20.3 Å². The Morgan fingerprint density at radius 2 is 1.87 bits per heavy atom. The van der Waals surface area contributed by atoms with Gasteiger partial charge in [-0.15, -0.1) is 0 Å². The molecule has 2 heterocycles. The summed E-state index contributed by atoms with van der Waals surface area (Å²) in [6, 6.07) is 1.75. The summed E-state index contributed by atoms with van der Waals surface area (Å²) in [7, 11) is 3.54. The van der Waals surface area contributed by atoms with Gasteiger partial charge in [0.15, 0.2) is 5.82 Å². The van der Waals surface area contributed by atoms with E-state index in [1.807, 2.05) is 7.05 Å². The van der Waals surface area contributed by atoms with Gasteiger partial charge in [0.25, 0.3) is 5.91 Å². The molecule has 2 saturated carbocycles. The first-order chi connectivity index (χ1) is 14.8. The van der Waals surface area contributed by atoms with Gasteiger partial charge < -0.3 is 14.6 Å². The smallest absolute Gasteiger partial charge is 0.270 e. The maximum absolute atomic E-state index is 13.7. The zero-order chi connectivity index (χ0) is 22.0. The number of aryl methyl sites for hydroxylation is 1. The lowest BCUT2D eigenvalue weighted by molar-refractivity contribution is -0.0384. The van der Waals surface area contributed by atoms with Crippen molar-refractivity contribution in [3.05, 3.63) is 30.0 Å². The number of rotatable bonds is 5. The second-order valence-corrected chi connectivity index (χ2v) is 8.70. The van der Waals surface area contributed by atoms with Gasteiger partial charge >= 0.3 is 0 Å². The molecule has 2 aromatic rings. The Bertz CT molecular complexity index is 914. The van der Waals surface area contributed by atoms with E-state index in [1.54, 1.807) is 30.3 Å². The zero-order valence-corrected chi connectivity index (χ0v) is 18.0. The van der Waals surface area contributed by atoms with E-state index in [4.69, 9.17) is 4.74 Å². The van der Waals surface area contributed by atoms with Crippen molar-refractivity contribution in [3.8, 4) is 11.5 Å². The lowest BCUT2D eigenvalue weighted by Crippen LogP contribution is -2.39. The Labute approximate surface area is 180 Å². The van der Waals surface area contributed by atoms with Crippen LogP contribution in [0.3, 0.4) is 0 Å². The van der Waals surface area contributed by atoms with Crippen LogP contribution in [0.15, 0.2) is 18.6 Å². The number of hydrogen-bond acceptors (Lipinski definition) is 5. The summed E-state index contributed by atoms with van der Waals surface area (Å²) in [4.78, 5) is 26.3. The Morgan fingerprint density at radius 1 is 1.16 bits per heavy atom. The van der Waals surface area contributed by atoms with Crippen LogP contribution in [0, 0.1) is 0 Å². The predicted molar refractivity (Wildman–Crippen MR) is 111 cm³/mol. The standard InChI is InChI=1S/C22H29F2N5O2/c1-29-13-25-12-19(29)20-27-17(14-7-9-22(23,24)10-8-14)11-18(28-20)21(30)26-15-3-5-16(31-2)6-4-15/h11-16H,3-10H2,1-2H3,(H,26,30)/t15-,16-. The van der Waals surface area contributed by atoms with E-state index < -0.39 is 5.92 Å². The number of nitrogens with one attached hydrogen (secondary N) is 1. The van der Waals surface area contributed by atoms with Crippen LogP contribution >= 0.6 is 0 Å². The van der Waals surface area contributed by atoms with E-state index in [-0.39, 0.29) is 42.5 Å². The molecule has 0 atom stereocenters. The SMILES string of the molecule is CO[C@H]1CC[C@H](NC(=O)c2cc(C3CCC(F)(F)CC3)nc(-c3cncn3C)n2)CC1. The lowest BCUT2D eigenvalue weighted by atomic mass is 9.84. The summed E-state index contributed by atoms with van der Waals surface area (Å²) in [6.45, 7) is 0. The fraction of sp³-hybridized carbons (Fsp3) is 0.636. The van der Waals surface area contributed by atoms with Crippen LogP contribution in [0.2, 0.25) is 0 Å². The maximum atomic E-state index is 13.7. The molecule has 168 valence electrons. The Balaban J connectivity index is 1.57. The molecule has 0 aliphatic heterocycles. The molecular weight excluding hydrogens is 404 g/mol. The molecule has 31 heavy (non-hydrogen) atoms. The summed E-state index contributed by atoms with van der Waals surface area (Å²) in [5, 5.41) is 3.08. The summed E-state index contributed by atoms with van der Waals surface area (Å²) in [5.41, 5.74) is 1.60. The minimum atomic E-state index is -2.62. The highest BCUT2D eigenvalue weighted by Gasteiger charge is 2.36. The quantitative estimate of drug-likeness (QED) is 0.774. The largest absolute Gasteiger partial charge is 0.381 e. The predicted octanol–water partition coefficient (Wildman–Crippen LogP) is 3.86. The van der Waals surface area contributed by atoms with Gasteiger partial charge in [0, 0.05) is 44.7 Å². The monoisotopic (exact) mass is 433 g/mol. The molecule has 0 bridgehead atoms. The topological polar surface area (TPSA) is 81.9 Å². The second-order valence-electron chi connectivity index (χ2n) is 8.70.